The summed E-state index contributed by atoms with van der Waals surface area (Å²) in [7, 11) is 1.56. The van der Waals surface area contributed by atoms with E-state index in [-0.39, 0.29) is 30.5 Å². The van der Waals surface area contributed by atoms with Crippen LogP contribution in [-0.2, 0) is 13.1 Å². The first-order valence-corrected chi connectivity index (χ1v) is 10.5. The lowest BCUT2D eigenvalue weighted by atomic mass is 10.2. The highest BCUT2D eigenvalue weighted by molar-refractivity contribution is 5.89. The molecular weight excluding hydrogens is 440 g/mol. The molecule has 2 heterocycles. The highest BCUT2D eigenvalue weighted by atomic mass is 16.5. The SMILES string of the molecule is CCn1c(=O)c(-c2noc(C(=O)NCc3cccc(OC)c3)n2)nn(-c2ccc(C)cc2)c1=O. The van der Waals surface area contributed by atoms with Crippen LogP contribution in [0.15, 0.2) is 62.6 Å². The Bertz CT molecular complexity index is 1450. The molecule has 0 bridgehead atoms. The van der Waals surface area contributed by atoms with Gasteiger partial charge < -0.3 is 14.6 Å². The van der Waals surface area contributed by atoms with Gasteiger partial charge in [-0.1, -0.05) is 35.0 Å². The van der Waals surface area contributed by atoms with Gasteiger partial charge in [-0.2, -0.15) is 14.8 Å². The van der Waals surface area contributed by atoms with Crippen molar-refractivity contribution in [3.8, 4) is 23.0 Å². The van der Waals surface area contributed by atoms with Crippen LogP contribution in [0.4, 0.5) is 0 Å². The average molecular weight is 462 g/mol. The summed E-state index contributed by atoms with van der Waals surface area (Å²) in [4.78, 5) is 42.2. The lowest BCUT2D eigenvalue weighted by Gasteiger charge is -2.09. The number of benzene rings is 2. The second-order valence-corrected chi connectivity index (χ2v) is 7.39. The van der Waals surface area contributed by atoms with Gasteiger partial charge in [-0.3, -0.25) is 14.2 Å². The van der Waals surface area contributed by atoms with Crippen LogP contribution >= 0.6 is 0 Å². The number of methoxy groups -OCH3 is 1. The first-order chi connectivity index (χ1) is 16.4. The van der Waals surface area contributed by atoms with Gasteiger partial charge in [0, 0.05) is 13.1 Å². The lowest BCUT2D eigenvalue weighted by molar-refractivity contribution is 0.0907. The van der Waals surface area contributed by atoms with Gasteiger partial charge in [0.05, 0.1) is 12.8 Å². The van der Waals surface area contributed by atoms with E-state index in [0.717, 1.165) is 20.4 Å². The topological polar surface area (TPSA) is 134 Å². The average Bonchev–Trinajstić information content (AvgIpc) is 3.34. The van der Waals surface area contributed by atoms with E-state index in [1.165, 1.54) is 0 Å². The van der Waals surface area contributed by atoms with Gasteiger partial charge in [0.15, 0.2) is 5.69 Å². The fourth-order valence-electron chi connectivity index (χ4n) is 3.24. The van der Waals surface area contributed by atoms with Crippen LogP contribution in [0.5, 0.6) is 5.75 Å². The third-order valence-electron chi connectivity index (χ3n) is 5.07. The van der Waals surface area contributed by atoms with E-state index in [4.69, 9.17) is 9.26 Å². The molecule has 0 fully saturated rings. The van der Waals surface area contributed by atoms with Crippen molar-refractivity contribution in [2.45, 2.75) is 26.9 Å². The fourth-order valence-corrected chi connectivity index (χ4v) is 3.24. The van der Waals surface area contributed by atoms with Crippen molar-refractivity contribution in [1.29, 1.82) is 0 Å². The maximum atomic E-state index is 12.9. The summed E-state index contributed by atoms with van der Waals surface area (Å²) in [5.74, 6) is -0.493. The molecule has 0 saturated carbocycles. The molecule has 0 saturated heterocycles. The molecule has 1 amide bonds. The number of nitrogens with one attached hydrogen (secondary N) is 1. The Labute approximate surface area is 193 Å². The molecule has 2 aromatic heterocycles. The standard InChI is InChI=1S/C23H22N6O5/c1-4-28-22(31)18(26-29(23(28)32)16-10-8-14(2)9-11-16)19-25-21(34-27-19)20(30)24-13-15-6-5-7-17(12-15)33-3/h5-12H,4,13H2,1-3H3,(H,24,30). The van der Waals surface area contributed by atoms with Crippen LogP contribution in [0.25, 0.3) is 17.2 Å². The van der Waals surface area contributed by atoms with Crippen molar-refractivity contribution in [2.24, 2.45) is 0 Å². The number of carbonyl (C=O) groups excluding carboxylic acids is 1. The number of amides is 1. The van der Waals surface area contributed by atoms with Crippen LogP contribution in [-0.4, -0.2) is 37.5 Å². The Balaban J connectivity index is 1.64. The Morgan fingerprint density at radius 2 is 1.91 bits per heavy atom. The summed E-state index contributed by atoms with van der Waals surface area (Å²) >= 11 is 0. The minimum Gasteiger partial charge on any atom is -0.497 e. The van der Waals surface area contributed by atoms with Crippen molar-refractivity contribution in [1.82, 2.24) is 29.8 Å². The quantitative estimate of drug-likeness (QED) is 0.439. The fraction of sp³-hybridized carbons (Fsp3) is 0.217. The van der Waals surface area contributed by atoms with Crippen LogP contribution in [0.3, 0.4) is 0 Å². The molecular formula is C23H22N6O5. The van der Waals surface area contributed by atoms with Crippen LogP contribution in [0.2, 0.25) is 0 Å². The summed E-state index contributed by atoms with van der Waals surface area (Å²) in [6, 6.07) is 14.3. The van der Waals surface area contributed by atoms with Gasteiger partial charge in [-0.15, -0.1) is 0 Å². The maximum absolute atomic E-state index is 12.9. The number of ether oxygens (including phenoxy) is 1. The molecule has 34 heavy (non-hydrogen) atoms. The molecule has 0 aliphatic carbocycles. The summed E-state index contributed by atoms with van der Waals surface area (Å²) in [5, 5.41) is 10.6. The molecule has 4 aromatic rings. The zero-order valence-corrected chi connectivity index (χ0v) is 18.8. The summed E-state index contributed by atoms with van der Waals surface area (Å²) in [5.41, 5.74) is 0.796. The van der Waals surface area contributed by atoms with E-state index in [1.54, 1.807) is 44.4 Å². The molecule has 0 unspecified atom stereocenters. The zero-order chi connectivity index (χ0) is 24.2. The van der Waals surface area contributed by atoms with E-state index in [1.807, 2.05) is 25.1 Å². The predicted molar refractivity (Wildman–Crippen MR) is 122 cm³/mol. The van der Waals surface area contributed by atoms with Crippen molar-refractivity contribution in [3.63, 3.8) is 0 Å². The van der Waals surface area contributed by atoms with Gasteiger partial charge in [0.2, 0.25) is 5.82 Å². The molecule has 0 radical (unpaired) electrons. The lowest BCUT2D eigenvalue weighted by Crippen LogP contribution is -2.41. The van der Waals surface area contributed by atoms with E-state index in [2.05, 4.69) is 20.6 Å². The normalized spacial score (nSPS) is 10.8. The Hall–Kier alpha value is -4.54. The van der Waals surface area contributed by atoms with Crippen LogP contribution in [0.1, 0.15) is 28.7 Å². The Morgan fingerprint density at radius 3 is 2.62 bits per heavy atom. The number of aromatic nitrogens is 5. The predicted octanol–water partition coefficient (Wildman–Crippen LogP) is 1.71. The van der Waals surface area contributed by atoms with Crippen molar-refractivity contribution < 1.29 is 14.1 Å². The highest BCUT2D eigenvalue weighted by Crippen LogP contribution is 2.13. The van der Waals surface area contributed by atoms with Gasteiger partial charge in [0.1, 0.15) is 5.75 Å². The molecule has 0 spiro atoms. The summed E-state index contributed by atoms with van der Waals surface area (Å²) in [6.07, 6.45) is 0. The largest absolute Gasteiger partial charge is 0.497 e. The molecule has 2 aromatic carbocycles. The van der Waals surface area contributed by atoms with Gasteiger partial charge >= 0.3 is 17.5 Å². The number of carbonyl (C=O) groups is 1. The summed E-state index contributed by atoms with van der Waals surface area (Å²) < 4.78 is 12.3. The van der Waals surface area contributed by atoms with Crippen molar-refractivity contribution in [3.05, 3.63) is 86.4 Å². The number of hydrogen-bond donors (Lipinski definition) is 1. The number of hydrogen-bond acceptors (Lipinski definition) is 8. The van der Waals surface area contributed by atoms with E-state index < -0.39 is 17.2 Å². The van der Waals surface area contributed by atoms with Crippen LogP contribution in [0, 0.1) is 6.92 Å². The first-order valence-electron chi connectivity index (χ1n) is 10.5. The number of nitrogens with zero attached hydrogens (tertiary/aromatic N) is 5. The van der Waals surface area contributed by atoms with Crippen LogP contribution < -0.4 is 21.3 Å². The second kappa shape index (κ2) is 9.53. The number of aryl methyl sites for hydroxylation is 1. The molecule has 11 heteroatoms. The minimum atomic E-state index is -0.681. The van der Waals surface area contributed by atoms with Gasteiger partial charge in [-0.25, -0.2) is 4.79 Å². The van der Waals surface area contributed by atoms with Crippen molar-refractivity contribution >= 4 is 5.91 Å². The molecule has 174 valence electrons. The zero-order valence-electron chi connectivity index (χ0n) is 18.8. The van der Waals surface area contributed by atoms with Gasteiger partial charge in [0.25, 0.3) is 5.56 Å². The Kier molecular flexibility index (Phi) is 6.35. The molecule has 4 rings (SSSR count). The summed E-state index contributed by atoms with van der Waals surface area (Å²) in [6.45, 7) is 3.90. The highest BCUT2D eigenvalue weighted by Gasteiger charge is 2.22. The minimum absolute atomic E-state index is 0.116. The molecule has 0 aliphatic rings. The third kappa shape index (κ3) is 4.49. The van der Waals surface area contributed by atoms with Crippen molar-refractivity contribution in [2.75, 3.05) is 7.11 Å². The Morgan fingerprint density at radius 1 is 1.15 bits per heavy atom. The molecule has 0 atom stereocenters. The molecule has 1 N–H and O–H groups in total. The van der Waals surface area contributed by atoms with E-state index in [9.17, 15) is 14.4 Å². The van der Waals surface area contributed by atoms with Gasteiger partial charge in [-0.05, 0) is 43.7 Å². The smallest absolute Gasteiger partial charge is 0.352 e. The van der Waals surface area contributed by atoms with E-state index in [0.29, 0.717) is 11.4 Å². The monoisotopic (exact) mass is 462 g/mol. The second-order valence-electron chi connectivity index (χ2n) is 7.39. The maximum Gasteiger partial charge on any atom is 0.352 e. The third-order valence-corrected chi connectivity index (χ3v) is 5.07. The molecule has 11 nitrogen and oxygen atoms in total. The molecule has 0 aliphatic heterocycles. The van der Waals surface area contributed by atoms with E-state index >= 15 is 0 Å². The number of rotatable bonds is 7. The first kappa shape index (κ1) is 22.6.